The minimum Gasteiger partial charge on any atom is -0.490 e. The number of nitrogens with zero attached hydrogens (tertiary/aromatic N) is 4. The fraction of sp³-hybridized carbons (Fsp3) is 0.381. The molecule has 0 amide bonds. The first kappa shape index (κ1) is 25.1. The normalized spacial score (nSPS) is 11.0. The first-order chi connectivity index (χ1) is 15.5. The van der Waals surface area contributed by atoms with Crippen LogP contribution in [-0.2, 0) is 20.2 Å². The molecule has 7 nitrogen and oxygen atoms in total. The van der Waals surface area contributed by atoms with Gasteiger partial charge >= 0.3 is 0 Å². The quantitative estimate of drug-likeness (QED) is 0.230. The molecule has 3 aromatic rings. The Kier molecular flexibility index (Phi) is 9.92. The maximum absolute atomic E-state index is 6.26. The summed E-state index contributed by atoms with van der Waals surface area (Å²) in [6, 6.07) is 9.31. The lowest BCUT2D eigenvalue weighted by Gasteiger charge is -2.16. The Morgan fingerprint density at radius 1 is 1.16 bits per heavy atom. The second kappa shape index (κ2) is 12.6. The molecular formula is C21H24BrCl2N5O2S. The Morgan fingerprint density at radius 3 is 2.59 bits per heavy atom. The molecule has 0 atom stereocenters. The van der Waals surface area contributed by atoms with Crippen LogP contribution in [0.2, 0.25) is 10.0 Å². The highest BCUT2D eigenvalue weighted by Gasteiger charge is 2.13. The van der Waals surface area contributed by atoms with Gasteiger partial charge < -0.3 is 14.8 Å². The minimum atomic E-state index is 0.251. The van der Waals surface area contributed by atoms with Crippen LogP contribution < -0.4 is 14.8 Å². The summed E-state index contributed by atoms with van der Waals surface area (Å²) in [5.74, 6) is 2.25. The number of aryl methyl sites for hydroxylation is 1. The zero-order valence-electron chi connectivity index (χ0n) is 17.8. The van der Waals surface area contributed by atoms with Gasteiger partial charge in [0.25, 0.3) is 0 Å². The van der Waals surface area contributed by atoms with Crippen molar-refractivity contribution in [3.05, 3.63) is 56.0 Å². The molecule has 0 aliphatic heterocycles. The largest absolute Gasteiger partial charge is 0.490 e. The van der Waals surface area contributed by atoms with Crippen molar-refractivity contribution in [2.45, 2.75) is 31.7 Å². The Hall–Kier alpha value is -1.52. The van der Waals surface area contributed by atoms with E-state index in [4.69, 9.17) is 32.7 Å². The number of rotatable bonds is 12. The smallest absolute Gasteiger partial charge is 0.209 e. The first-order valence-electron chi connectivity index (χ1n) is 10.1. The maximum Gasteiger partial charge on any atom is 0.209 e. The molecule has 0 bridgehead atoms. The summed E-state index contributed by atoms with van der Waals surface area (Å²) in [4.78, 5) is 0. The van der Waals surface area contributed by atoms with Crippen LogP contribution in [0.15, 0.2) is 40.0 Å². The molecule has 2 aromatic carbocycles. The summed E-state index contributed by atoms with van der Waals surface area (Å²) >= 11 is 17.8. The molecular weight excluding hydrogens is 537 g/mol. The van der Waals surface area contributed by atoms with E-state index in [1.54, 1.807) is 28.6 Å². The molecule has 0 aliphatic carbocycles. The summed E-state index contributed by atoms with van der Waals surface area (Å²) in [6.07, 6.45) is 0.993. The number of halogens is 3. The van der Waals surface area contributed by atoms with E-state index in [1.807, 2.05) is 32.2 Å². The molecule has 0 fully saturated rings. The molecule has 1 heterocycles. The molecule has 0 radical (unpaired) electrons. The molecule has 32 heavy (non-hydrogen) atoms. The second-order valence-electron chi connectivity index (χ2n) is 6.78. The van der Waals surface area contributed by atoms with E-state index in [0.29, 0.717) is 34.7 Å². The van der Waals surface area contributed by atoms with Crippen molar-refractivity contribution >= 4 is 50.9 Å². The fourth-order valence-electron chi connectivity index (χ4n) is 2.84. The van der Waals surface area contributed by atoms with Crippen LogP contribution in [0.5, 0.6) is 11.5 Å². The lowest BCUT2D eigenvalue weighted by molar-refractivity contribution is 0.269. The van der Waals surface area contributed by atoms with Crippen LogP contribution in [0.4, 0.5) is 0 Å². The second-order valence-corrected chi connectivity index (χ2v) is 9.51. The van der Waals surface area contributed by atoms with Crippen LogP contribution >= 0.6 is 50.9 Å². The molecule has 1 aromatic heterocycles. The molecule has 172 valence electrons. The van der Waals surface area contributed by atoms with E-state index in [9.17, 15) is 0 Å². The van der Waals surface area contributed by atoms with E-state index in [-0.39, 0.29) is 6.61 Å². The van der Waals surface area contributed by atoms with Gasteiger partial charge in [-0.05, 0) is 60.1 Å². The standard InChI is InChI=1S/C21H24BrCl2N5O2S/c1-3-30-19-10-14(12-25-8-5-9-32-21-26-27-28-29(21)2)16(22)11-20(19)31-13-15-17(23)6-4-7-18(15)24/h4,6-7,10-11,25H,3,5,8-9,12-13H2,1-2H3. The van der Waals surface area contributed by atoms with Crippen molar-refractivity contribution in [1.29, 1.82) is 0 Å². The maximum atomic E-state index is 6.26. The van der Waals surface area contributed by atoms with Gasteiger partial charge in [0.2, 0.25) is 5.16 Å². The molecule has 0 spiro atoms. The van der Waals surface area contributed by atoms with Gasteiger partial charge in [-0.3, -0.25) is 0 Å². The van der Waals surface area contributed by atoms with Crippen molar-refractivity contribution in [3.8, 4) is 11.5 Å². The summed E-state index contributed by atoms with van der Waals surface area (Å²) < 4.78 is 14.4. The van der Waals surface area contributed by atoms with Crippen LogP contribution in [0.25, 0.3) is 0 Å². The number of benzene rings is 2. The van der Waals surface area contributed by atoms with E-state index in [1.165, 1.54) is 0 Å². The van der Waals surface area contributed by atoms with Gasteiger partial charge in [0.1, 0.15) is 6.61 Å². The zero-order chi connectivity index (χ0) is 22.9. The van der Waals surface area contributed by atoms with Crippen LogP contribution in [0.3, 0.4) is 0 Å². The summed E-state index contributed by atoms with van der Waals surface area (Å²) in [6.45, 7) is 4.30. The predicted octanol–water partition coefficient (Wildman–Crippen LogP) is 5.53. The number of hydrogen-bond donors (Lipinski definition) is 1. The molecule has 3 rings (SSSR count). The minimum absolute atomic E-state index is 0.251. The lowest BCUT2D eigenvalue weighted by Crippen LogP contribution is -2.16. The van der Waals surface area contributed by atoms with Gasteiger partial charge in [-0.25, -0.2) is 4.68 Å². The topological polar surface area (TPSA) is 74.1 Å². The summed E-state index contributed by atoms with van der Waals surface area (Å²) in [5, 5.41) is 16.9. The Morgan fingerprint density at radius 2 is 1.91 bits per heavy atom. The average Bonchev–Trinajstić information content (AvgIpc) is 3.17. The number of nitrogens with one attached hydrogen (secondary N) is 1. The van der Waals surface area contributed by atoms with E-state index >= 15 is 0 Å². The van der Waals surface area contributed by atoms with Crippen molar-refractivity contribution in [2.24, 2.45) is 7.05 Å². The highest BCUT2D eigenvalue weighted by molar-refractivity contribution is 9.10. The highest BCUT2D eigenvalue weighted by atomic mass is 79.9. The zero-order valence-corrected chi connectivity index (χ0v) is 21.7. The van der Waals surface area contributed by atoms with Gasteiger partial charge in [0.15, 0.2) is 11.5 Å². The molecule has 11 heteroatoms. The van der Waals surface area contributed by atoms with E-state index in [0.717, 1.165) is 39.5 Å². The number of thioether (sulfide) groups is 1. The van der Waals surface area contributed by atoms with Gasteiger partial charge in [-0.1, -0.05) is 57.0 Å². The number of hydrogen-bond acceptors (Lipinski definition) is 7. The van der Waals surface area contributed by atoms with Crippen LogP contribution in [-0.4, -0.2) is 39.1 Å². The van der Waals surface area contributed by atoms with Crippen LogP contribution in [0.1, 0.15) is 24.5 Å². The van der Waals surface area contributed by atoms with Crippen molar-refractivity contribution in [3.63, 3.8) is 0 Å². The fourth-order valence-corrected chi connectivity index (χ4v) is 4.60. The third kappa shape index (κ3) is 6.99. The molecule has 0 saturated heterocycles. The van der Waals surface area contributed by atoms with Gasteiger partial charge in [-0.15, -0.1) is 5.10 Å². The van der Waals surface area contributed by atoms with Crippen molar-refractivity contribution in [2.75, 3.05) is 18.9 Å². The molecule has 1 N–H and O–H groups in total. The van der Waals surface area contributed by atoms with Crippen molar-refractivity contribution in [1.82, 2.24) is 25.5 Å². The van der Waals surface area contributed by atoms with Crippen LogP contribution in [0, 0.1) is 0 Å². The average molecular weight is 561 g/mol. The number of aromatic nitrogens is 4. The Bertz CT molecular complexity index is 1020. The van der Waals surface area contributed by atoms with Gasteiger partial charge in [0, 0.05) is 39.4 Å². The predicted molar refractivity (Wildman–Crippen MR) is 132 cm³/mol. The Balaban J connectivity index is 1.55. The highest BCUT2D eigenvalue weighted by Crippen LogP contribution is 2.35. The molecule has 0 unspecified atom stereocenters. The number of ether oxygens (including phenoxy) is 2. The first-order valence-corrected chi connectivity index (χ1v) is 12.6. The molecule has 0 aliphatic rings. The van der Waals surface area contributed by atoms with E-state index < -0.39 is 0 Å². The summed E-state index contributed by atoms with van der Waals surface area (Å²) in [5.41, 5.74) is 1.83. The SMILES string of the molecule is CCOc1cc(CNCCCSc2nnnn2C)c(Br)cc1OCc1c(Cl)cccc1Cl. The lowest BCUT2D eigenvalue weighted by atomic mass is 10.2. The third-order valence-electron chi connectivity index (χ3n) is 4.47. The van der Waals surface area contributed by atoms with Gasteiger partial charge in [0.05, 0.1) is 6.61 Å². The van der Waals surface area contributed by atoms with Crippen molar-refractivity contribution < 1.29 is 9.47 Å². The number of tetrazole rings is 1. The molecule has 0 saturated carbocycles. The summed E-state index contributed by atoms with van der Waals surface area (Å²) in [7, 11) is 1.84. The van der Waals surface area contributed by atoms with E-state index in [2.05, 4.69) is 36.8 Å². The Labute approximate surface area is 210 Å². The monoisotopic (exact) mass is 559 g/mol. The third-order valence-corrected chi connectivity index (χ3v) is 7.02. The van der Waals surface area contributed by atoms with Gasteiger partial charge in [-0.2, -0.15) is 0 Å².